The third-order valence-electron chi connectivity index (χ3n) is 2.75. The van der Waals surface area contributed by atoms with Crippen LogP contribution in [0.25, 0.3) is 0 Å². The SMILES string of the molecule is CCC(CN)S(=O)(=O)NC1CCC(=O)NC1. The van der Waals surface area contributed by atoms with Gasteiger partial charge < -0.3 is 11.1 Å². The van der Waals surface area contributed by atoms with Crippen LogP contribution in [-0.4, -0.2) is 38.7 Å². The van der Waals surface area contributed by atoms with Crippen molar-refractivity contribution in [2.24, 2.45) is 5.73 Å². The summed E-state index contributed by atoms with van der Waals surface area (Å²) in [6, 6.07) is -0.205. The number of hydrogen-bond donors (Lipinski definition) is 3. The first-order valence-electron chi connectivity index (χ1n) is 5.47. The molecule has 7 heteroatoms. The van der Waals surface area contributed by atoms with Gasteiger partial charge in [0.15, 0.2) is 0 Å². The minimum absolute atomic E-state index is 0.0266. The highest BCUT2D eigenvalue weighted by Crippen LogP contribution is 2.08. The van der Waals surface area contributed by atoms with Crippen molar-refractivity contribution in [1.82, 2.24) is 10.0 Å². The lowest BCUT2D eigenvalue weighted by atomic mass is 10.1. The fourth-order valence-electron chi connectivity index (χ4n) is 1.67. The zero-order chi connectivity index (χ0) is 12.2. The summed E-state index contributed by atoms with van der Waals surface area (Å²) >= 11 is 0. The number of nitrogens with one attached hydrogen (secondary N) is 2. The van der Waals surface area contributed by atoms with Crippen molar-refractivity contribution in [3.63, 3.8) is 0 Å². The Labute approximate surface area is 96.0 Å². The molecular formula is C9H19N3O3S. The van der Waals surface area contributed by atoms with Crippen LogP contribution in [0.15, 0.2) is 0 Å². The minimum atomic E-state index is -3.37. The van der Waals surface area contributed by atoms with Gasteiger partial charge in [0.05, 0.1) is 5.25 Å². The average molecular weight is 249 g/mol. The van der Waals surface area contributed by atoms with E-state index in [-0.39, 0.29) is 18.5 Å². The minimum Gasteiger partial charge on any atom is -0.355 e. The van der Waals surface area contributed by atoms with Gasteiger partial charge in [0.25, 0.3) is 0 Å². The van der Waals surface area contributed by atoms with Crippen molar-refractivity contribution < 1.29 is 13.2 Å². The summed E-state index contributed by atoms with van der Waals surface area (Å²) in [6.45, 7) is 2.27. The molecule has 2 unspecified atom stereocenters. The number of carbonyl (C=O) groups excluding carboxylic acids is 1. The smallest absolute Gasteiger partial charge is 0.220 e. The predicted molar refractivity (Wildman–Crippen MR) is 61.2 cm³/mol. The average Bonchev–Trinajstić information content (AvgIpc) is 2.22. The Morgan fingerprint density at radius 2 is 2.31 bits per heavy atom. The second kappa shape index (κ2) is 5.60. The topological polar surface area (TPSA) is 101 Å². The highest BCUT2D eigenvalue weighted by molar-refractivity contribution is 7.90. The van der Waals surface area contributed by atoms with Crippen molar-refractivity contribution >= 4 is 15.9 Å². The Morgan fingerprint density at radius 3 is 2.75 bits per heavy atom. The highest BCUT2D eigenvalue weighted by atomic mass is 32.2. The fourth-order valence-corrected chi connectivity index (χ4v) is 3.23. The molecule has 1 amide bonds. The number of carbonyl (C=O) groups is 1. The van der Waals surface area contributed by atoms with Gasteiger partial charge in [-0.05, 0) is 12.8 Å². The second-order valence-electron chi connectivity index (χ2n) is 3.97. The fraction of sp³-hybridized carbons (Fsp3) is 0.889. The molecule has 1 saturated heterocycles. The number of piperidine rings is 1. The van der Waals surface area contributed by atoms with Gasteiger partial charge in [0.2, 0.25) is 15.9 Å². The Balaban J connectivity index is 2.55. The lowest BCUT2D eigenvalue weighted by Crippen LogP contribution is -2.50. The van der Waals surface area contributed by atoms with Crippen molar-refractivity contribution in [2.75, 3.05) is 13.1 Å². The van der Waals surface area contributed by atoms with Gasteiger partial charge >= 0.3 is 0 Å². The van der Waals surface area contributed by atoms with Crippen LogP contribution in [0, 0.1) is 0 Å². The molecule has 1 aliphatic heterocycles. The quantitative estimate of drug-likeness (QED) is 0.577. The Hall–Kier alpha value is -0.660. The molecule has 4 N–H and O–H groups in total. The van der Waals surface area contributed by atoms with Crippen LogP contribution >= 0.6 is 0 Å². The van der Waals surface area contributed by atoms with E-state index in [2.05, 4.69) is 10.0 Å². The molecule has 0 aromatic rings. The molecule has 0 saturated carbocycles. The van der Waals surface area contributed by atoms with E-state index in [1.807, 2.05) is 0 Å². The number of hydrogen-bond acceptors (Lipinski definition) is 4. The molecular weight excluding hydrogens is 230 g/mol. The van der Waals surface area contributed by atoms with E-state index in [0.29, 0.717) is 25.8 Å². The van der Waals surface area contributed by atoms with Crippen LogP contribution < -0.4 is 15.8 Å². The van der Waals surface area contributed by atoms with Crippen molar-refractivity contribution in [3.8, 4) is 0 Å². The number of sulfonamides is 1. The standard InChI is InChI=1S/C9H19N3O3S/c1-2-8(5-10)16(14,15)12-7-3-4-9(13)11-6-7/h7-8,12H,2-6,10H2,1H3,(H,11,13). The molecule has 0 spiro atoms. The first kappa shape index (κ1) is 13.4. The summed E-state index contributed by atoms with van der Waals surface area (Å²) in [5.41, 5.74) is 5.41. The lowest BCUT2D eigenvalue weighted by Gasteiger charge is -2.25. The van der Waals surface area contributed by atoms with Gasteiger partial charge in [0.1, 0.15) is 0 Å². The van der Waals surface area contributed by atoms with E-state index in [1.54, 1.807) is 6.92 Å². The monoisotopic (exact) mass is 249 g/mol. The number of nitrogens with two attached hydrogens (primary N) is 1. The van der Waals surface area contributed by atoms with Crippen LogP contribution in [-0.2, 0) is 14.8 Å². The van der Waals surface area contributed by atoms with E-state index in [0.717, 1.165) is 0 Å². The zero-order valence-corrected chi connectivity index (χ0v) is 10.2. The van der Waals surface area contributed by atoms with Gasteiger partial charge in [-0.1, -0.05) is 6.92 Å². The van der Waals surface area contributed by atoms with Gasteiger partial charge in [-0.15, -0.1) is 0 Å². The third-order valence-corrected chi connectivity index (χ3v) is 4.82. The molecule has 0 aromatic heterocycles. The van der Waals surface area contributed by atoms with E-state index < -0.39 is 15.3 Å². The molecule has 1 aliphatic rings. The maximum atomic E-state index is 11.8. The molecule has 1 heterocycles. The third kappa shape index (κ3) is 3.43. The molecule has 1 fully saturated rings. The summed E-state index contributed by atoms with van der Waals surface area (Å²) in [5.74, 6) is -0.0266. The van der Waals surface area contributed by atoms with Gasteiger partial charge in [-0.3, -0.25) is 4.79 Å². The van der Waals surface area contributed by atoms with Crippen molar-refractivity contribution in [2.45, 2.75) is 37.5 Å². The maximum Gasteiger partial charge on any atom is 0.220 e. The predicted octanol–water partition coefficient (Wildman–Crippen LogP) is -1.08. The second-order valence-corrected chi connectivity index (χ2v) is 5.96. The molecule has 16 heavy (non-hydrogen) atoms. The summed E-state index contributed by atoms with van der Waals surface area (Å²) in [5, 5.41) is 2.08. The van der Waals surface area contributed by atoms with Gasteiger partial charge in [0, 0.05) is 25.6 Å². The van der Waals surface area contributed by atoms with Crippen LogP contribution in [0.5, 0.6) is 0 Å². The molecule has 1 rings (SSSR count). The molecule has 0 bridgehead atoms. The Morgan fingerprint density at radius 1 is 1.62 bits per heavy atom. The van der Waals surface area contributed by atoms with Crippen LogP contribution in [0.3, 0.4) is 0 Å². The molecule has 0 aliphatic carbocycles. The van der Waals surface area contributed by atoms with Crippen molar-refractivity contribution in [3.05, 3.63) is 0 Å². The normalized spacial score (nSPS) is 23.9. The molecule has 94 valence electrons. The van der Waals surface area contributed by atoms with Gasteiger partial charge in [-0.25, -0.2) is 13.1 Å². The first-order chi connectivity index (χ1) is 7.49. The van der Waals surface area contributed by atoms with E-state index >= 15 is 0 Å². The lowest BCUT2D eigenvalue weighted by molar-refractivity contribution is -0.122. The maximum absolute atomic E-state index is 11.8. The Bertz CT molecular complexity index is 328. The van der Waals surface area contributed by atoms with E-state index in [1.165, 1.54) is 0 Å². The van der Waals surface area contributed by atoms with E-state index in [4.69, 9.17) is 5.73 Å². The summed E-state index contributed by atoms with van der Waals surface area (Å²) in [7, 11) is -3.37. The number of amides is 1. The van der Waals surface area contributed by atoms with Crippen LogP contribution in [0.1, 0.15) is 26.2 Å². The summed E-state index contributed by atoms with van der Waals surface area (Å²) in [4.78, 5) is 10.9. The van der Waals surface area contributed by atoms with Crippen LogP contribution in [0.4, 0.5) is 0 Å². The first-order valence-corrected chi connectivity index (χ1v) is 7.02. The highest BCUT2D eigenvalue weighted by Gasteiger charge is 2.27. The molecule has 0 aromatic carbocycles. The summed E-state index contributed by atoms with van der Waals surface area (Å²) < 4.78 is 26.3. The molecule has 2 atom stereocenters. The summed E-state index contributed by atoms with van der Waals surface area (Å²) in [6.07, 6.45) is 1.41. The van der Waals surface area contributed by atoms with E-state index in [9.17, 15) is 13.2 Å². The zero-order valence-electron chi connectivity index (χ0n) is 9.40. The molecule has 6 nitrogen and oxygen atoms in total. The largest absolute Gasteiger partial charge is 0.355 e. The van der Waals surface area contributed by atoms with Crippen molar-refractivity contribution in [1.29, 1.82) is 0 Å². The molecule has 0 radical (unpaired) electrons. The van der Waals surface area contributed by atoms with Gasteiger partial charge in [-0.2, -0.15) is 0 Å². The van der Waals surface area contributed by atoms with Crippen LogP contribution in [0.2, 0.25) is 0 Å². The Kier molecular flexibility index (Phi) is 4.69. The number of rotatable bonds is 5.